The van der Waals surface area contributed by atoms with Gasteiger partial charge in [-0.1, -0.05) is 30.3 Å². The van der Waals surface area contributed by atoms with E-state index >= 15 is 0 Å². The largest absolute Gasteiger partial charge is 0.282 e. The van der Waals surface area contributed by atoms with E-state index in [0.29, 0.717) is 22.8 Å². The molecule has 1 aromatic carbocycles. The van der Waals surface area contributed by atoms with Gasteiger partial charge in [-0.15, -0.1) is 11.8 Å². The average molecular weight is 317 g/mol. The Hall–Kier alpha value is -2.12. The number of anilines is 1. The second-order valence-corrected chi connectivity index (χ2v) is 5.94. The highest BCUT2D eigenvalue weighted by molar-refractivity contribution is 7.99. The quantitative estimate of drug-likeness (QED) is 0.863. The molecule has 0 saturated heterocycles. The Morgan fingerprint density at radius 3 is 2.82 bits per heavy atom. The predicted octanol–water partition coefficient (Wildman–Crippen LogP) is 1.74. The van der Waals surface area contributed by atoms with E-state index in [4.69, 9.17) is 4.84 Å². The van der Waals surface area contributed by atoms with Gasteiger partial charge in [0.1, 0.15) is 17.2 Å². The van der Waals surface area contributed by atoms with Gasteiger partial charge in [-0.2, -0.15) is 10.2 Å². The second-order valence-electron chi connectivity index (χ2n) is 4.83. The lowest BCUT2D eigenvalue weighted by Gasteiger charge is -2.21. The molecule has 3 rings (SSSR count). The zero-order valence-corrected chi connectivity index (χ0v) is 12.9. The molecule has 0 aliphatic carbocycles. The highest BCUT2D eigenvalue weighted by atomic mass is 32.2. The summed E-state index contributed by atoms with van der Waals surface area (Å²) in [6.07, 6.45) is 1.81. The van der Waals surface area contributed by atoms with Crippen LogP contribution in [0.15, 0.2) is 46.2 Å². The monoisotopic (exact) mass is 317 g/mol. The van der Waals surface area contributed by atoms with Crippen LogP contribution in [-0.4, -0.2) is 21.4 Å². The van der Waals surface area contributed by atoms with Gasteiger partial charge in [0, 0.05) is 19.2 Å². The number of benzene rings is 1. The van der Waals surface area contributed by atoms with Crippen molar-refractivity contribution in [1.29, 1.82) is 0 Å². The molecule has 2 aromatic rings. The van der Waals surface area contributed by atoms with Crippen molar-refractivity contribution in [3.63, 3.8) is 0 Å². The van der Waals surface area contributed by atoms with Crippen LogP contribution in [0.3, 0.4) is 0 Å². The molecule has 0 saturated carbocycles. The maximum Gasteiger partial charge on any atom is 0.282 e. The van der Waals surface area contributed by atoms with E-state index in [-0.39, 0.29) is 18.1 Å². The van der Waals surface area contributed by atoms with Crippen molar-refractivity contribution in [2.75, 3.05) is 10.8 Å². The summed E-state index contributed by atoms with van der Waals surface area (Å²) in [5.41, 5.74) is 1.16. The molecule has 0 unspecified atom stereocenters. The Labute approximate surface area is 131 Å². The predicted molar refractivity (Wildman–Crippen MR) is 83.5 cm³/mol. The van der Waals surface area contributed by atoms with Crippen molar-refractivity contribution in [1.82, 2.24) is 9.78 Å². The molecular formula is C15H15N3O3S. The Bertz CT molecular complexity index is 745. The van der Waals surface area contributed by atoms with Crippen LogP contribution >= 0.6 is 11.8 Å². The van der Waals surface area contributed by atoms with Crippen molar-refractivity contribution in [2.24, 2.45) is 7.05 Å². The van der Waals surface area contributed by atoms with Gasteiger partial charge in [0.2, 0.25) is 0 Å². The first-order valence-electron chi connectivity index (χ1n) is 6.85. The molecular weight excluding hydrogens is 302 g/mol. The van der Waals surface area contributed by atoms with Crippen LogP contribution in [0.25, 0.3) is 0 Å². The first kappa shape index (κ1) is 14.8. The SMILES string of the molecule is Cn1ncc2c(c1=O)SCCC(=O)N2OCc1ccccc1. The summed E-state index contributed by atoms with van der Waals surface area (Å²) in [6, 6.07) is 9.56. The molecule has 22 heavy (non-hydrogen) atoms. The molecule has 0 bridgehead atoms. The first-order chi connectivity index (χ1) is 10.7. The smallest absolute Gasteiger partial charge is 0.272 e. The molecule has 0 spiro atoms. The van der Waals surface area contributed by atoms with Crippen molar-refractivity contribution in [3.8, 4) is 0 Å². The van der Waals surface area contributed by atoms with Crippen molar-refractivity contribution in [3.05, 3.63) is 52.4 Å². The lowest BCUT2D eigenvalue weighted by atomic mass is 10.2. The third-order valence-corrected chi connectivity index (χ3v) is 4.37. The number of thioether (sulfide) groups is 1. The number of hydroxylamine groups is 1. The number of nitrogens with zero attached hydrogens (tertiary/aromatic N) is 3. The third-order valence-electron chi connectivity index (χ3n) is 3.28. The molecule has 114 valence electrons. The fourth-order valence-corrected chi connectivity index (χ4v) is 3.14. The minimum Gasteiger partial charge on any atom is -0.272 e. The molecule has 1 aromatic heterocycles. The van der Waals surface area contributed by atoms with E-state index in [0.717, 1.165) is 5.56 Å². The molecule has 6 nitrogen and oxygen atoms in total. The Kier molecular flexibility index (Phi) is 4.26. The molecule has 2 heterocycles. The van der Waals surface area contributed by atoms with Crippen LogP contribution in [0.1, 0.15) is 12.0 Å². The van der Waals surface area contributed by atoms with Gasteiger partial charge in [-0.25, -0.2) is 4.68 Å². The minimum atomic E-state index is -0.217. The number of amides is 1. The molecule has 1 aliphatic heterocycles. The summed E-state index contributed by atoms with van der Waals surface area (Å²) in [7, 11) is 1.59. The lowest BCUT2D eigenvalue weighted by molar-refractivity contribution is -0.126. The van der Waals surface area contributed by atoms with E-state index in [9.17, 15) is 9.59 Å². The zero-order chi connectivity index (χ0) is 15.5. The fourth-order valence-electron chi connectivity index (χ4n) is 2.12. The molecule has 0 atom stereocenters. The van der Waals surface area contributed by atoms with Crippen molar-refractivity contribution >= 4 is 23.4 Å². The van der Waals surface area contributed by atoms with Crippen LogP contribution in [0.4, 0.5) is 5.69 Å². The summed E-state index contributed by atoms with van der Waals surface area (Å²) >= 11 is 1.36. The maximum absolute atomic E-state index is 12.2. The van der Waals surface area contributed by atoms with Gasteiger partial charge in [0.15, 0.2) is 0 Å². The summed E-state index contributed by atoms with van der Waals surface area (Å²) in [4.78, 5) is 30.6. The summed E-state index contributed by atoms with van der Waals surface area (Å²) < 4.78 is 1.26. The fraction of sp³-hybridized carbons (Fsp3) is 0.267. The number of aryl methyl sites for hydroxylation is 1. The number of fused-ring (bicyclic) bond motifs is 1. The first-order valence-corrected chi connectivity index (χ1v) is 7.84. The standard InChI is InChI=1S/C15H15N3O3S/c1-17-15(20)14-12(9-16-17)18(13(19)7-8-22-14)21-10-11-5-3-2-4-6-11/h2-6,9H,7-8,10H2,1H3. The number of carbonyl (C=O) groups excluding carboxylic acids is 1. The normalized spacial score (nSPS) is 14.6. The van der Waals surface area contributed by atoms with Gasteiger partial charge >= 0.3 is 0 Å². The zero-order valence-electron chi connectivity index (χ0n) is 12.1. The minimum absolute atomic E-state index is 0.169. The van der Waals surface area contributed by atoms with Crippen LogP contribution < -0.4 is 10.6 Å². The van der Waals surface area contributed by atoms with E-state index < -0.39 is 0 Å². The van der Waals surface area contributed by atoms with Crippen LogP contribution in [0.5, 0.6) is 0 Å². The number of hydrogen-bond acceptors (Lipinski definition) is 5. The lowest BCUT2D eigenvalue weighted by Crippen LogP contribution is -2.32. The number of carbonyl (C=O) groups is 1. The summed E-state index contributed by atoms with van der Waals surface area (Å²) in [6.45, 7) is 0.256. The van der Waals surface area contributed by atoms with E-state index in [1.807, 2.05) is 30.3 Å². The van der Waals surface area contributed by atoms with Crippen LogP contribution in [0.2, 0.25) is 0 Å². The maximum atomic E-state index is 12.2. The van der Waals surface area contributed by atoms with Gasteiger partial charge in [0.05, 0.1) is 6.20 Å². The molecule has 0 fully saturated rings. The molecule has 0 radical (unpaired) electrons. The van der Waals surface area contributed by atoms with Gasteiger partial charge in [-0.05, 0) is 5.56 Å². The Morgan fingerprint density at radius 1 is 1.27 bits per heavy atom. The number of aromatic nitrogens is 2. The van der Waals surface area contributed by atoms with Crippen LogP contribution in [0, 0.1) is 0 Å². The highest BCUT2D eigenvalue weighted by Gasteiger charge is 2.26. The van der Waals surface area contributed by atoms with Gasteiger partial charge < -0.3 is 0 Å². The van der Waals surface area contributed by atoms with Crippen molar-refractivity contribution in [2.45, 2.75) is 17.9 Å². The van der Waals surface area contributed by atoms with E-state index in [1.54, 1.807) is 7.05 Å². The summed E-state index contributed by atoms with van der Waals surface area (Å²) in [5, 5.41) is 5.20. The van der Waals surface area contributed by atoms with Crippen LogP contribution in [-0.2, 0) is 23.3 Å². The topological polar surface area (TPSA) is 64.4 Å². The van der Waals surface area contributed by atoms with E-state index in [1.165, 1.54) is 27.7 Å². The average Bonchev–Trinajstić information content (AvgIpc) is 2.69. The van der Waals surface area contributed by atoms with Gasteiger partial charge in [0.25, 0.3) is 11.5 Å². The second kappa shape index (κ2) is 6.33. The third kappa shape index (κ3) is 2.90. The summed E-state index contributed by atoms with van der Waals surface area (Å²) in [5.74, 6) is 0.383. The molecule has 1 amide bonds. The molecule has 1 aliphatic rings. The molecule has 0 N–H and O–H groups in total. The van der Waals surface area contributed by atoms with E-state index in [2.05, 4.69) is 5.10 Å². The highest BCUT2D eigenvalue weighted by Crippen LogP contribution is 2.31. The number of rotatable bonds is 3. The number of hydrogen-bond donors (Lipinski definition) is 0. The molecule has 7 heteroatoms. The Morgan fingerprint density at radius 2 is 2.05 bits per heavy atom. The Balaban J connectivity index is 1.91. The van der Waals surface area contributed by atoms with Gasteiger partial charge in [-0.3, -0.25) is 14.4 Å². The van der Waals surface area contributed by atoms with Crippen molar-refractivity contribution < 1.29 is 9.63 Å².